The Morgan fingerprint density at radius 3 is 2.66 bits per heavy atom. The van der Waals surface area contributed by atoms with Crippen molar-refractivity contribution in [1.29, 1.82) is 0 Å². The van der Waals surface area contributed by atoms with Crippen molar-refractivity contribution in [2.45, 2.75) is 20.0 Å². The van der Waals surface area contributed by atoms with E-state index < -0.39 is 0 Å². The molecule has 2 heterocycles. The molecule has 0 saturated carbocycles. The summed E-state index contributed by atoms with van der Waals surface area (Å²) in [5.41, 5.74) is 2.12. The fourth-order valence-corrected chi connectivity index (χ4v) is 3.42. The van der Waals surface area contributed by atoms with E-state index in [2.05, 4.69) is 15.5 Å². The lowest BCUT2D eigenvalue weighted by Gasteiger charge is -2.12. The van der Waals surface area contributed by atoms with Crippen LogP contribution in [0.5, 0.6) is 0 Å². The number of amides is 1. The Labute approximate surface area is 167 Å². The summed E-state index contributed by atoms with van der Waals surface area (Å²) in [6, 6.07) is 14.8. The van der Waals surface area contributed by atoms with Gasteiger partial charge in [0, 0.05) is 31.9 Å². The minimum absolute atomic E-state index is 0.0560. The molecule has 0 radical (unpaired) electrons. The molecule has 0 aliphatic carbocycles. The number of aryl methyl sites for hydroxylation is 1. The molecule has 0 saturated heterocycles. The van der Waals surface area contributed by atoms with E-state index in [9.17, 15) is 9.59 Å². The van der Waals surface area contributed by atoms with Gasteiger partial charge in [0.15, 0.2) is 5.82 Å². The van der Waals surface area contributed by atoms with Crippen molar-refractivity contribution in [1.82, 2.24) is 24.1 Å². The van der Waals surface area contributed by atoms with Crippen LogP contribution in [-0.4, -0.2) is 44.1 Å². The van der Waals surface area contributed by atoms with Gasteiger partial charge in [-0.05, 0) is 37.3 Å². The van der Waals surface area contributed by atoms with Crippen LogP contribution in [-0.2, 0) is 13.1 Å². The highest BCUT2D eigenvalue weighted by atomic mass is 16.2. The molecule has 0 fully saturated rings. The zero-order valence-electron chi connectivity index (χ0n) is 16.6. The molecule has 1 N–H and O–H groups in total. The van der Waals surface area contributed by atoms with Crippen LogP contribution in [0.25, 0.3) is 16.7 Å². The summed E-state index contributed by atoms with van der Waals surface area (Å²) in [7, 11) is 3.45. The van der Waals surface area contributed by atoms with E-state index in [1.807, 2.05) is 53.8 Å². The fourth-order valence-electron chi connectivity index (χ4n) is 3.42. The van der Waals surface area contributed by atoms with Crippen LogP contribution in [0.15, 0.2) is 53.3 Å². The Bertz CT molecular complexity index is 1270. The number of nitrogens with one attached hydrogen (secondary N) is 1. The van der Waals surface area contributed by atoms with Crippen molar-refractivity contribution in [3.05, 3.63) is 70.3 Å². The van der Waals surface area contributed by atoms with Crippen LogP contribution in [0.3, 0.4) is 0 Å². The summed E-state index contributed by atoms with van der Waals surface area (Å²) >= 11 is 0. The summed E-state index contributed by atoms with van der Waals surface area (Å²) in [4.78, 5) is 26.5. The first kappa shape index (κ1) is 18.7. The first-order chi connectivity index (χ1) is 14.0. The topological polar surface area (TPSA) is 84.5 Å². The molecule has 2 aromatic heterocycles. The third-order valence-electron chi connectivity index (χ3n) is 4.86. The van der Waals surface area contributed by atoms with E-state index in [4.69, 9.17) is 0 Å². The highest BCUT2D eigenvalue weighted by molar-refractivity contribution is 5.94. The molecule has 29 heavy (non-hydrogen) atoms. The number of benzene rings is 2. The van der Waals surface area contributed by atoms with Crippen molar-refractivity contribution in [2.24, 2.45) is 0 Å². The van der Waals surface area contributed by atoms with E-state index in [-0.39, 0.29) is 11.5 Å². The summed E-state index contributed by atoms with van der Waals surface area (Å²) < 4.78 is 3.53. The molecular weight excluding hydrogens is 368 g/mol. The van der Waals surface area contributed by atoms with E-state index >= 15 is 0 Å². The van der Waals surface area contributed by atoms with E-state index in [1.54, 1.807) is 29.6 Å². The molecule has 148 valence electrons. The van der Waals surface area contributed by atoms with Crippen LogP contribution in [0, 0.1) is 0 Å². The van der Waals surface area contributed by atoms with Crippen LogP contribution in [0.1, 0.15) is 23.1 Å². The summed E-state index contributed by atoms with van der Waals surface area (Å²) in [5, 5.41) is 12.5. The molecule has 2 aromatic carbocycles. The van der Waals surface area contributed by atoms with Crippen molar-refractivity contribution in [3.8, 4) is 0 Å². The Morgan fingerprint density at radius 2 is 1.90 bits per heavy atom. The van der Waals surface area contributed by atoms with Gasteiger partial charge >= 0.3 is 0 Å². The number of carbonyl (C=O) groups is 1. The normalized spacial score (nSPS) is 11.1. The Morgan fingerprint density at radius 1 is 1.10 bits per heavy atom. The fraction of sp³-hybridized carbons (Fsp3) is 0.238. The van der Waals surface area contributed by atoms with Gasteiger partial charge in [0.2, 0.25) is 5.78 Å². The maximum Gasteiger partial charge on any atom is 0.262 e. The lowest BCUT2D eigenvalue weighted by atomic mass is 10.2. The van der Waals surface area contributed by atoms with Gasteiger partial charge in [0.1, 0.15) is 0 Å². The first-order valence-corrected chi connectivity index (χ1v) is 9.42. The van der Waals surface area contributed by atoms with Gasteiger partial charge in [-0.25, -0.2) is 0 Å². The second kappa shape index (κ2) is 7.38. The third-order valence-corrected chi connectivity index (χ3v) is 4.86. The second-order valence-corrected chi connectivity index (χ2v) is 6.95. The molecule has 0 spiro atoms. The molecule has 0 bridgehead atoms. The lowest BCUT2D eigenvalue weighted by Crippen LogP contribution is -2.23. The monoisotopic (exact) mass is 390 g/mol. The molecule has 0 unspecified atom stereocenters. The number of carbonyl (C=O) groups excluding carboxylic acids is 1. The van der Waals surface area contributed by atoms with Crippen molar-refractivity contribution in [3.63, 3.8) is 0 Å². The quantitative estimate of drug-likeness (QED) is 0.566. The third kappa shape index (κ3) is 3.22. The zero-order valence-corrected chi connectivity index (χ0v) is 16.6. The van der Waals surface area contributed by atoms with Gasteiger partial charge in [-0.3, -0.25) is 18.6 Å². The number of aromatic nitrogens is 4. The predicted octanol–water partition coefficient (Wildman–Crippen LogP) is 2.38. The molecule has 8 nitrogen and oxygen atoms in total. The minimum atomic E-state index is -0.0718. The van der Waals surface area contributed by atoms with Gasteiger partial charge in [-0.15, -0.1) is 10.2 Å². The summed E-state index contributed by atoms with van der Waals surface area (Å²) in [6.07, 6.45) is 0. The van der Waals surface area contributed by atoms with Gasteiger partial charge in [-0.1, -0.05) is 18.2 Å². The molecule has 0 aliphatic heterocycles. The number of hydrogen-bond donors (Lipinski definition) is 1. The molecule has 4 rings (SSSR count). The minimum Gasteiger partial charge on any atom is -0.378 e. The smallest absolute Gasteiger partial charge is 0.262 e. The molecule has 4 aromatic rings. The Balaban J connectivity index is 1.73. The number of para-hydroxylation sites is 1. The molecular formula is C21H22N6O2. The molecule has 8 heteroatoms. The Kier molecular flexibility index (Phi) is 4.75. The van der Waals surface area contributed by atoms with E-state index in [0.29, 0.717) is 35.6 Å². The number of rotatable bonds is 5. The standard InChI is InChI=1S/C21H22N6O2/c1-4-26-20(29)16-10-5-6-11-17(16)27-18(23-24-21(26)27)13-22-15-9-7-8-14(12-15)19(28)25(2)3/h5-12,22H,4,13H2,1-3H3. The van der Waals surface area contributed by atoms with Crippen LogP contribution >= 0.6 is 0 Å². The molecule has 0 aliphatic rings. The average Bonchev–Trinajstić information content (AvgIpc) is 3.16. The van der Waals surface area contributed by atoms with Crippen LogP contribution in [0.2, 0.25) is 0 Å². The predicted molar refractivity (Wildman–Crippen MR) is 112 cm³/mol. The second-order valence-electron chi connectivity index (χ2n) is 6.95. The van der Waals surface area contributed by atoms with Crippen molar-refractivity contribution < 1.29 is 4.79 Å². The lowest BCUT2D eigenvalue weighted by molar-refractivity contribution is 0.0827. The van der Waals surface area contributed by atoms with Gasteiger partial charge in [-0.2, -0.15) is 0 Å². The number of fused-ring (bicyclic) bond motifs is 3. The maximum absolute atomic E-state index is 12.7. The zero-order chi connectivity index (χ0) is 20.5. The van der Waals surface area contributed by atoms with Crippen molar-refractivity contribution in [2.75, 3.05) is 19.4 Å². The number of anilines is 1. The highest BCUT2D eigenvalue weighted by Crippen LogP contribution is 2.17. The number of hydrogen-bond acceptors (Lipinski definition) is 5. The van der Waals surface area contributed by atoms with Crippen LogP contribution < -0.4 is 10.9 Å². The van der Waals surface area contributed by atoms with Crippen LogP contribution in [0.4, 0.5) is 5.69 Å². The summed E-state index contributed by atoms with van der Waals surface area (Å²) in [6.45, 7) is 2.82. The Hall–Kier alpha value is -3.68. The maximum atomic E-state index is 12.7. The first-order valence-electron chi connectivity index (χ1n) is 9.42. The molecule has 0 atom stereocenters. The largest absolute Gasteiger partial charge is 0.378 e. The highest BCUT2D eigenvalue weighted by Gasteiger charge is 2.15. The van der Waals surface area contributed by atoms with Crippen molar-refractivity contribution >= 4 is 28.3 Å². The van der Waals surface area contributed by atoms with Gasteiger partial charge in [0.05, 0.1) is 17.4 Å². The van der Waals surface area contributed by atoms with E-state index in [1.165, 1.54) is 0 Å². The van der Waals surface area contributed by atoms with E-state index in [0.717, 1.165) is 11.2 Å². The SMILES string of the molecule is CCn1c(=O)c2ccccc2n2c(CNc3cccc(C(=O)N(C)C)c3)nnc12. The average molecular weight is 390 g/mol. The number of nitrogens with zero attached hydrogens (tertiary/aromatic N) is 5. The van der Waals surface area contributed by atoms with Gasteiger partial charge < -0.3 is 10.2 Å². The summed E-state index contributed by atoms with van der Waals surface area (Å²) in [5.74, 6) is 1.15. The molecule has 1 amide bonds. The van der Waals surface area contributed by atoms with Gasteiger partial charge in [0.25, 0.3) is 11.5 Å².